The molecule has 8 heteroatoms. The largest absolute Gasteiger partial charge is 0.455 e. The van der Waals surface area contributed by atoms with E-state index in [1.54, 1.807) is 4.90 Å². The van der Waals surface area contributed by atoms with E-state index in [4.69, 9.17) is 4.42 Å². The molecule has 1 aliphatic rings. The summed E-state index contributed by atoms with van der Waals surface area (Å²) >= 11 is 3.69. The summed E-state index contributed by atoms with van der Waals surface area (Å²) in [5.41, 5.74) is 4.08. The Labute approximate surface area is 242 Å². The van der Waals surface area contributed by atoms with Crippen LogP contribution in [0.15, 0.2) is 81.7 Å². The molecule has 0 aliphatic carbocycles. The fraction of sp³-hybridized carbons (Fsp3) is 0.281. The van der Waals surface area contributed by atoms with Crippen LogP contribution in [0.25, 0.3) is 22.3 Å². The molecule has 7 nitrogen and oxygen atoms in total. The molecule has 2 heterocycles. The van der Waals surface area contributed by atoms with Crippen molar-refractivity contribution < 1.29 is 18.8 Å². The van der Waals surface area contributed by atoms with Crippen LogP contribution in [0.2, 0.25) is 0 Å². The molecule has 2 atom stereocenters. The summed E-state index contributed by atoms with van der Waals surface area (Å²) in [4.78, 5) is 42.2. The molecule has 0 spiro atoms. The lowest BCUT2D eigenvalue weighted by Crippen LogP contribution is -2.46. The van der Waals surface area contributed by atoms with E-state index in [0.717, 1.165) is 33.0 Å². The van der Waals surface area contributed by atoms with E-state index in [-0.39, 0.29) is 24.0 Å². The van der Waals surface area contributed by atoms with Crippen LogP contribution in [-0.2, 0) is 20.8 Å². The van der Waals surface area contributed by atoms with Crippen molar-refractivity contribution >= 4 is 50.2 Å². The number of nitrogens with zero attached hydrogens (tertiary/aromatic N) is 2. The molecular weight excluding hydrogens is 570 g/mol. The maximum absolute atomic E-state index is 13.7. The van der Waals surface area contributed by atoms with Gasteiger partial charge in [0, 0.05) is 36.5 Å². The highest BCUT2D eigenvalue weighted by Gasteiger charge is 2.38. The zero-order valence-corrected chi connectivity index (χ0v) is 24.4. The number of furan rings is 1. The first-order chi connectivity index (χ1) is 19.2. The maximum atomic E-state index is 13.7. The Kier molecular flexibility index (Phi) is 8.19. The number of hydrogen-bond donors (Lipinski definition) is 1. The molecule has 0 radical (unpaired) electrons. The number of ketones is 1. The van der Waals surface area contributed by atoms with Gasteiger partial charge >= 0.3 is 0 Å². The number of hydrogen-bond acceptors (Lipinski definition) is 5. The van der Waals surface area contributed by atoms with Crippen molar-refractivity contribution in [3.8, 4) is 11.3 Å². The monoisotopic (exact) mass is 601 g/mol. The first-order valence-electron chi connectivity index (χ1n) is 13.4. The van der Waals surface area contributed by atoms with Crippen molar-refractivity contribution in [1.82, 2.24) is 9.80 Å². The molecule has 0 bridgehead atoms. The van der Waals surface area contributed by atoms with Gasteiger partial charge in [-0.2, -0.15) is 0 Å². The first kappa shape index (κ1) is 27.8. The molecule has 3 aromatic carbocycles. The van der Waals surface area contributed by atoms with Gasteiger partial charge < -0.3 is 14.6 Å². The second-order valence-electron chi connectivity index (χ2n) is 10.4. The summed E-state index contributed by atoms with van der Waals surface area (Å²) in [5, 5.41) is 3.64. The van der Waals surface area contributed by atoms with Crippen molar-refractivity contribution in [3.63, 3.8) is 0 Å². The smallest absolute Gasteiger partial charge is 0.245 e. The molecular formula is C32H32BrN3O4. The van der Waals surface area contributed by atoms with E-state index in [1.807, 2.05) is 91.8 Å². The predicted octanol–water partition coefficient (Wildman–Crippen LogP) is 6.23. The van der Waals surface area contributed by atoms with E-state index in [0.29, 0.717) is 30.0 Å². The Bertz CT molecular complexity index is 1550. The zero-order valence-electron chi connectivity index (χ0n) is 22.8. The Balaban J connectivity index is 1.34. The lowest BCUT2D eigenvalue weighted by atomic mass is 9.99. The van der Waals surface area contributed by atoms with E-state index in [1.165, 1.54) is 6.92 Å². The minimum absolute atomic E-state index is 0.0331. The van der Waals surface area contributed by atoms with E-state index in [2.05, 4.69) is 21.2 Å². The summed E-state index contributed by atoms with van der Waals surface area (Å²) in [5.74, 6) is 0.563. The molecule has 0 saturated carbocycles. The van der Waals surface area contributed by atoms with Gasteiger partial charge in [0.25, 0.3) is 0 Å². The van der Waals surface area contributed by atoms with Crippen molar-refractivity contribution in [3.05, 3.63) is 88.4 Å². The zero-order chi connectivity index (χ0) is 28.4. The van der Waals surface area contributed by atoms with Gasteiger partial charge in [0.1, 0.15) is 17.4 Å². The van der Waals surface area contributed by atoms with Crippen LogP contribution in [0.1, 0.15) is 36.9 Å². The standard InChI is InChI=1S/C32H32BrN3O4/c1-20(37)34-24-14-12-23(13-15-24)31-29(33)25-18-21(11-16-28(25)40-31)19-27(38)26-10-7-17-36(26)32(39)30(35(2)3)22-8-5-4-6-9-22/h4-6,8-9,11-16,18,26,30H,7,10,17,19H2,1-3H3,(H,34,37)/t26-,30+/m0/s1. The number of rotatable bonds is 8. The minimum Gasteiger partial charge on any atom is -0.455 e. The van der Waals surface area contributed by atoms with Crippen LogP contribution in [0.5, 0.6) is 0 Å². The molecule has 206 valence electrons. The van der Waals surface area contributed by atoms with E-state index < -0.39 is 12.1 Å². The minimum atomic E-state index is -0.432. The molecule has 1 saturated heterocycles. The lowest BCUT2D eigenvalue weighted by Gasteiger charge is -2.31. The topological polar surface area (TPSA) is 82.9 Å². The van der Waals surface area contributed by atoms with Gasteiger partial charge in [-0.1, -0.05) is 36.4 Å². The quantitative estimate of drug-likeness (QED) is 0.259. The lowest BCUT2D eigenvalue weighted by molar-refractivity contribution is -0.141. The van der Waals surface area contributed by atoms with E-state index >= 15 is 0 Å². The molecule has 1 aliphatic heterocycles. The highest BCUT2D eigenvalue weighted by atomic mass is 79.9. The molecule has 2 amide bonds. The average molecular weight is 603 g/mol. The number of amides is 2. The number of likely N-dealkylation sites (N-methyl/N-ethyl adjacent to an activating group) is 1. The number of nitrogens with one attached hydrogen (secondary N) is 1. The SMILES string of the molecule is CC(=O)Nc1ccc(-c2oc3ccc(CC(=O)[C@@H]4CCCN4C(=O)[C@@H](c4ccccc4)N(C)C)cc3c2Br)cc1. The van der Waals surface area contributed by atoms with Crippen LogP contribution < -0.4 is 5.32 Å². The number of likely N-dealkylation sites (tertiary alicyclic amines) is 1. The second-order valence-corrected chi connectivity index (χ2v) is 11.2. The summed E-state index contributed by atoms with van der Waals surface area (Å²) in [6.45, 7) is 2.06. The van der Waals surface area contributed by atoms with Crippen LogP contribution in [-0.4, -0.2) is 54.1 Å². The third kappa shape index (κ3) is 5.74. The number of halogens is 1. The first-order valence-corrected chi connectivity index (χ1v) is 14.2. The number of fused-ring (bicyclic) bond motifs is 1. The van der Waals surface area contributed by atoms with Crippen LogP contribution in [0.3, 0.4) is 0 Å². The van der Waals surface area contributed by atoms with Gasteiger partial charge in [0.2, 0.25) is 11.8 Å². The van der Waals surface area contributed by atoms with Gasteiger partial charge in [0.05, 0.1) is 10.5 Å². The molecule has 0 unspecified atom stereocenters. The fourth-order valence-corrected chi connectivity index (χ4v) is 6.08. The van der Waals surface area contributed by atoms with Crippen molar-refractivity contribution in [1.29, 1.82) is 0 Å². The number of benzene rings is 3. The molecule has 1 fully saturated rings. The van der Waals surface area contributed by atoms with Crippen molar-refractivity contribution in [2.75, 3.05) is 26.0 Å². The fourth-order valence-electron chi connectivity index (χ4n) is 5.46. The number of Topliss-reactive ketones (excluding diaryl/α,β-unsaturated/α-hetero) is 1. The Morgan fingerprint density at radius 2 is 1.77 bits per heavy atom. The molecule has 1 N–H and O–H groups in total. The highest BCUT2D eigenvalue weighted by Crippen LogP contribution is 2.38. The van der Waals surface area contributed by atoms with Crippen molar-refractivity contribution in [2.45, 2.75) is 38.3 Å². The summed E-state index contributed by atoms with van der Waals surface area (Å²) in [6.07, 6.45) is 1.73. The van der Waals surface area contributed by atoms with Crippen LogP contribution in [0, 0.1) is 0 Å². The predicted molar refractivity (Wildman–Crippen MR) is 160 cm³/mol. The Hall–Kier alpha value is -3.75. The van der Waals surface area contributed by atoms with Gasteiger partial charge in [-0.25, -0.2) is 0 Å². The van der Waals surface area contributed by atoms with Crippen LogP contribution >= 0.6 is 15.9 Å². The second kappa shape index (κ2) is 11.8. The Morgan fingerprint density at radius 1 is 1.05 bits per heavy atom. The average Bonchev–Trinajstić information content (AvgIpc) is 3.55. The Morgan fingerprint density at radius 3 is 2.45 bits per heavy atom. The van der Waals surface area contributed by atoms with Gasteiger partial charge in [-0.05, 0) is 90.4 Å². The highest BCUT2D eigenvalue weighted by molar-refractivity contribution is 9.10. The van der Waals surface area contributed by atoms with Gasteiger partial charge in [0.15, 0.2) is 5.78 Å². The summed E-state index contributed by atoms with van der Waals surface area (Å²) in [7, 11) is 3.79. The van der Waals surface area contributed by atoms with Crippen LogP contribution in [0.4, 0.5) is 5.69 Å². The number of anilines is 1. The number of carbonyl (C=O) groups is 3. The molecule has 5 rings (SSSR count). The third-order valence-electron chi connectivity index (χ3n) is 7.31. The number of carbonyl (C=O) groups excluding carboxylic acids is 3. The summed E-state index contributed by atoms with van der Waals surface area (Å²) < 4.78 is 6.93. The van der Waals surface area contributed by atoms with E-state index in [9.17, 15) is 14.4 Å². The normalized spacial score (nSPS) is 15.9. The molecule has 40 heavy (non-hydrogen) atoms. The van der Waals surface area contributed by atoms with Crippen molar-refractivity contribution in [2.24, 2.45) is 0 Å². The molecule has 1 aromatic heterocycles. The van der Waals surface area contributed by atoms with Gasteiger partial charge in [-0.15, -0.1) is 0 Å². The maximum Gasteiger partial charge on any atom is 0.245 e. The van der Waals surface area contributed by atoms with Gasteiger partial charge in [-0.3, -0.25) is 19.3 Å². The molecule has 4 aromatic rings. The third-order valence-corrected chi connectivity index (χ3v) is 8.10. The summed E-state index contributed by atoms with van der Waals surface area (Å²) in [6, 6.07) is 22.1.